The van der Waals surface area contributed by atoms with Gasteiger partial charge in [-0.05, 0) is 38.8 Å². The van der Waals surface area contributed by atoms with E-state index in [4.69, 9.17) is 9.47 Å². The summed E-state index contributed by atoms with van der Waals surface area (Å²) in [5.74, 6) is -0.324. The van der Waals surface area contributed by atoms with E-state index in [1.165, 1.54) is 0 Å². The first kappa shape index (κ1) is 23.5. The molecule has 1 aromatic carbocycles. The number of halogens is 1. The summed E-state index contributed by atoms with van der Waals surface area (Å²) in [6.45, 7) is 14.4. The summed E-state index contributed by atoms with van der Waals surface area (Å²) in [6, 6.07) is 4.77. The molecule has 2 heterocycles. The van der Waals surface area contributed by atoms with E-state index >= 15 is 4.39 Å². The van der Waals surface area contributed by atoms with E-state index in [0.717, 1.165) is 17.0 Å². The Morgan fingerprint density at radius 2 is 2.00 bits per heavy atom. The van der Waals surface area contributed by atoms with Crippen molar-refractivity contribution in [2.75, 3.05) is 19.7 Å². The first-order valence-electron chi connectivity index (χ1n) is 10.8. The van der Waals surface area contributed by atoms with Crippen LogP contribution in [0.3, 0.4) is 0 Å². The third kappa shape index (κ3) is 6.40. The fourth-order valence-corrected chi connectivity index (χ4v) is 4.12. The number of ether oxygens (including phenoxy) is 2. The summed E-state index contributed by atoms with van der Waals surface area (Å²) in [4.78, 5) is 13.9. The van der Waals surface area contributed by atoms with Gasteiger partial charge in [0, 0.05) is 44.9 Å². The van der Waals surface area contributed by atoms with Gasteiger partial charge in [0.15, 0.2) is 5.82 Å². The number of carbonyl (C=O) groups excluding carboxylic acids is 1. The molecule has 170 valence electrons. The van der Waals surface area contributed by atoms with E-state index in [-0.39, 0.29) is 11.9 Å². The number of rotatable bonds is 6. The zero-order valence-electron chi connectivity index (χ0n) is 19.5. The molecule has 1 aromatic heterocycles. The van der Waals surface area contributed by atoms with Gasteiger partial charge in [-0.15, -0.1) is 0 Å². The van der Waals surface area contributed by atoms with Gasteiger partial charge in [-0.3, -0.25) is 0 Å². The topological polar surface area (TPSA) is 56.6 Å². The molecule has 31 heavy (non-hydrogen) atoms. The van der Waals surface area contributed by atoms with Gasteiger partial charge < -0.3 is 14.4 Å². The lowest BCUT2D eigenvalue weighted by Gasteiger charge is -2.29. The molecular weight excluding hydrogens is 413 g/mol. The molecule has 3 rings (SSSR count). The van der Waals surface area contributed by atoms with Crippen molar-refractivity contribution in [3.05, 3.63) is 35.8 Å². The van der Waals surface area contributed by atoms with Crippen LogP contribution in [0.25, 0.3) is 16.5 Å². The van der Waals surface area contributed by atoms with Crippen molar-refractivity contribution in [3.8, 4) is 0 Å². The summed E-state index contributed by atoms with van der Waals surface area (Å²) >= 11 is 0. The predicted molar refractivity (Wildman–Crippen MR) is 124 cm³/mol. The molecule has 2 aromatic rings. The highest BCUT2D eigenvalue weighted by Gasteiger charge is 2.25. The second-order valence-corrected chi connectivity index (χ2v) is 15.9. The van der Waals surface area contributed by atoms with Gasteiger partial charge in [0.1, 0.15) is 17.8 Å². The maximum absolute atomic E-state index is 15.2. The SMILES string of the molecule is CC(C)(C)OC(=O)N1CC=C(c2ccc3cn(COCC[Si](C)(C)C)nc3c2F)CC1. The summed E-state index contributed by atoms with van der Waals surface area (Å²) in [5.41, 5.74) is 1.25. The van der Waals surface area contributed by atoms with Crippen LogP contribution in [0, 0.1) is 5.82 Å². The van der Waals surface area contributed by atoms with E-state index in [9.17, 15) is 4.79 Å². The Kier molecular flexibility index (Phi) is 6.91. The molecular formula is C23H34FN3O3Si. The number of amides is 1. The lowest BCUT2D eigenvalue weighted by molar-refractivity contribution is 0.0270. The molecule has 8 heteroatoms. The molecule has 0 unspecified atom stereocenters. The molecule has 0 spiro atoms. The monoisotopic (exact) mass is 447 g/mol. The number of nitrogens with zero attached hydrogens (tertiary/aromatic N) is 3. The number of aromatic nitrogens is 2. The quantitative estimate of drug-likeness (QED) is 0.433. The van der Waals surface area contributed by atoms with E-state index in [1.807, 2.05) is 39.1 Å². The molecule has 0 fully saturated rings. The lowest BCUT2D eigenvalue weighted by atomic mass is 9.98. The smallest absolute Gasteiger partial charge is 0.410 e. The molecule has 0 N–H and O–H groups in total. The largest absolute Gasteiger partial charge is 0.444 e. The molecule has 1 aliphatic heterocycles. The maximum Gasteiger partial charge on any atom is 0.410 e. The molecule has 0 saturated carbocycles. The van der Waals surface area contributed by atoms with Crippen molar-refractivity contribution in [2.45, 2.75) is 65.2 Å². The van der Waals surface area contributed by atoms with Gasteiger partial charge >= 0.3 is 6.09 Å². The zero-order valence-corrected chi connectivity index (χ0v) is 20.5. The van der Waals surface area contributed by atoms with Crippen LogP contribution in [0.4, 0.5) is 9.18 Å². The summed E-state index contributed by atoms with van der Waals surface area (Å²) < 4.78 is 28.0. The third-order valence-corrected chi connectivity index (χ3v) is 6.79. The molecule has 0 saturated heterocycles. The van der Waals surface area contributed by atoms with E-state index in [1.54, 1.807) is 15.6 Å². The lowest BCUT2D eigenvalue weighted by Crippen LogP contribution is -2.39. The minimum atomic E-state index is -1.14. The highest BCUT2D eigenvalue weighted by atomic mass is 28.3. The van der Waals surface area contributed by atoms with Crippen LogP contribution in [0.15, 0.2) is 24.4 Å². The second kappa shape index (κ2) is 9.12. The van der Waals surface area contributed by atoms with Crippen LogP contribution < -0.4 is 0 Å². The first-order valence-corrected chi connectivity index (χ1v) is 14.5. The highest BCUT2D eigenvalue weighted by molar-refractivity contribution is 6.76. The second-order valence-electron chi connectivity index (χ2n) is 10.3. The standard InChI is InChI=1S/C23H34FN3O3Si/c1-23(2,3)30-22(28)26-11-9-17(10-12-26)19-8-7-18-15-27(25-21(18)20(19)24)16-29-13-14-31(4,5)6/h7-9,15H,10-14,16H2,1-6H3. The third-order valence-electron chi connectivity index (χ3n) is 5.09. The van der Waals surface area contributed by atoms with Gasteiger partial charge in [0.05, 0.1) is 0 Å². The van der Waals surface area contributed by atoms with Crippen molar-refractivity contribution >= 4 is 30.6 Å². The van der Waals surface area contributed by atoms with Crippen molar-refractivity contribution in [2.24, 2.45) is 0 Å². The molecule has 0 radical (unpaired) electrons. The van der Waals surface area contributed by atoms with Crippen LogP contribution in [-0.2, 0) is 16.2 Å². The Morgan fingerprint density at radius 3 is 2.61 bits per heavy atom. The number of hydrogen-bond acceptors (Lipinski definition) is 4. The van der Waals surface area contributed by atoms with Crippen LogP contribution in [0.5, 0.6) is 0 Å². The summed E-state index contributed by atoms with van der Waals surface area (Å²) in [7, 11) is -1.14. The molecule has 1 amide bonds. The molecule has 0 bridgehead atoms. The molecule has 1 aliphatic rings. The Hall–Kier alpha value is -2.19. The average molecular weight is 448 g/mol. The van der Waals surface area contributed by atoms with E-state index < -0.39 is 13.7 Å². The van der Waals surface area contributed by atoms with Gasteiger partial charge in [0.25, 0.3) is 0 Å². The van der Waals surface area contributed by atoms with Gasteiger partial charge in [-0.1, -0.05) is 37.8 Å². The molecule has 0 aliphatic carbocycles. The molecule has 0 atom stereocenters. The van der Waals surface area contributed by atoms with Crippen LogP contribution in [0.2, 0.25) is 25.7 Å². The van der Waals surface area contributed by atoms with Gasteiger partial charge in [-0.2, -0.15) is 5.10 Å². The van der Waals surface area contributed by atoms with Crippen molar-refractivity contribution < 1.29 is 18.7 Å². The van der Waals surface area contributed by atoms with Crippen LogP contribution in [-0.4, -0.2) is 54.1 Å². The van der Waals surface area contributed by atoms with Crippen molar-refractivity contribution in [1.82, 2.24) is 14.7 Å². The Labute approximate surface area is 185 Å². The number of carbonyl (C=O) groups is 1. The van der Waals surface area contributed by atoms with Crippen LogP contribution in [0.1, 0.15) is 32.8 Å². The fourth-order valence-electron chi connectivity index (χ4n) is 3.36. The number of hydrogen-bond donors (Lipinski definition) is 0. The fraction of sp³-hybridized carbons (Fsp3) is 0.565. The van der Waals surface area contributed by atoms with E-state index in [2.05, 4.69) is 24.7 Å². The molecule has 6 nitrogen and oxygen atoms in total. The summed E-state index contributed by atoms with van der Waals surface area (Å²) in [5, 5.41) is 5.15. The highest BCUT2D eigenvalue weighted by Crippen LogP contribution is 2.29. The minimum absolute atomic E-state index is 0.321. The Bertz CT molecular complexity index is 973. The Morgan fingerprint density at radius 1 is 1.26 bits per heavy atom. The average Bonchev–Trinajstić information content (AvgIpc) is 3.08. The zero-order chi connectivity index (χ0) is 22.8. The van der Waals surface area contributed by atoms with Gasteiger partial charge in [-0.25, -0.2) is 13.9 Å². The number of fused-ring (bicyclic) bond motifs is 1. The van der Waals surface area contributed by atoms with Crippen molar-refractivity contribution in [1.29, 1.82) is 0 Å². The van der Waals surface area contributed by atoms with E-state index in [0.29, 0.717) is 43.9 Å². The predicted octanol–water partition coefficient (Wildman–Crippen LogP) is 5.51. The Balaban J connectivity index is 1.68. The van der Waals surface area contributed by atoms with Crippen molar-refractivity contribution in [3.63, 3.8) is 0 Å². The first-order chi connectivity index (χ1) is 14.4. The minimum Gasteiger partial charge on any atom is -0.444 e. The summed E-state index contributed by atoms with van der Waals surface area (Å²) in [6.07, 6.45) is 3.94. The van der Waals surface area contributed by atoms with Gasteiger partial charge in [0.2, 0.25) is 0 Å². The maximum atomic E-state index is 15.2. The normalized spacial score (nSPS) is 15.3. The van der Waals surface area contributed by atoms with Crippen LogP contribution >= 0.6 is 0 Å². The number of benzene rings is 1.